The first-order valence-electron chi connectivity index (χ1n) is 9.33. The molecule has 0 atom stereocenters. The van der Waals surface area contributed by atoms with Gasteiger partial charge in [-0.1, -0.05) is 48.0 Å². The largest absolute Gasteiger partial charge is 0.361 e. The molecule has 2 N–H and O–H groups in total. The van der Waals surface area contributed by atoms with E-state index in [1.54, 1.807) is 0 Å². The van der Waals surface area contributed by atoms with Gasteiger partial charge in [-0.15, -0.1) is 0 Å². The summed E-state index contributed by atoms with van der Waals surface area (Å²) in [6, 6.07) is 16.5. The lowest BCUT2D eigenvalue weighted by Gasteiger charge is -2.16. The SMILES string of the molecule is O=C1C/C(=C\c2c[nH]c3ccccc23)CC/C1=C\c1c[nH]c2ccccc12. The van der Waals surface area contributed by atoms with Crippen LogP contribution in [0.15, 0.2) is 72.1 Å². The van der Waals surface area contributed by atoms with Gasteiger partial charge >= 0.3 is 0 Å². The standard InChI is InChI=1S/C24H20N2O/c27-24-12-16(11-18-14-25-22-7-3-1-5-20(18)22)9-10-17(24)13-19-15-26-23-8-4-2-6-21(19)23/h1-8,11,13-15,25-26H,9-10,12H2/b16-11-,17-13+. The monoisotopic (exact) mass is 352 g/mol. The fraction of sp³-hybridized carbons (Fsp3) is 0.125. The lowest BCUT2D eigenvalue weighted by molar-refractivity contribution is -0.115. The zero-order valence-corrected chi connectivity index (χ0v) is 15.0. The number of rotatable bonds is 2. The van der Waals surface area contributed by atoms with Crippen LogP contribution in [0.5, 0.6) is 0 Å². The molecule has 132 valence electrons. The number of nitrogens with one attached hydrogen (secondary N) is 2. The van der Waals surface area contributed by atoms with Gasteiger partial charge in [-0.2, -0.15) is 0 Å². The maximum Gasteiger partial charge on any atom is 0.162 e. The van der Waals surface area contributed by atoms with E-state index in [2.05, 4.69) is 46.4 Å². The molecule has 1 saturated carbocycles. The predicted molar refractivity (Wildman–Crippen MR) is 111 cm³/mol. The minimum absolute atomic E-state index is 0.234. The Hall–Kier alpha value is -3.33. The Morgan fingerprint density at radius 1 is 0.741 bits per heavy atom. The molecule has 27 heavy (non-hydrogen) atoms. The Kier molecular flexibility index (Phi) is 3.79. The average Bonchev–Trinajstić information content (AvgIpc) is 3.29. The summed E-state index contributed by atoms with van der Waals surface area (Å²) >= 11 is 0. The van der Waals surface area contributed by atoms with E-state index in [0.717, 1.165) is 46.0 Å². The second-order valence-corrected chi connectivity index (χ2v) is 7.15. The third-order valence-corrected chi connectivity index (χ3v) is 5.39. The molecule has 1 aliphatic carbocycles. The molecule has 2 heterocycles. The highest BCUT2D eigenvalue weighted by Crippen LogP contribution is 2.31. The number of aromatic amines is 2. The average molecular weight is 352 g/mol. The molecule has 5 rings (SSSR count). The van der Waals surface area contributed by atoms with Gasteiger partial charge in [-0.3, -0.25) is 4.79 Å². The molecule has 0 aliphatic heterocycles. The van der Waals surface area contributed by atoms with Gasteiger partial charge in [-0.05, 0) is 42.2 Å². The van der Waals surface area contributed by atoms with Crippen molar-refractivity contribution in [2.75, 3.05) is 0 Å². The summed E-state index contributed by atoms with van der Waals surface area (Å²) in [4.78, 5) is 19.3. The lowest BCUT2D eigenvalue weighted by Crippen LogP contribution is -2.10. The Bertz CT molecular complexity index is 1220. The van der Waals surface area contributed by atoms with Crippen LogP contribution in [0.4, 0.5) is 0 Å². The Morgan fingerprint density at radius 3 is 1.96 bits per heavy atom. The minimum atomic E-state index is 0.234. The predicted octanol–water partition coefficient (Wildman–Crippen LogP) is 5.87. The zero-order chi connectivity index (χ0) is 18.2. The van der Waals surface area contributed by atoms with E-state index in [1.807, 2.05) is 36.7 Å². The van der Waals surface area contributed by atoms with Crippen LogP contribution in [0.2, 0.25) is 0 Å². The van der Waals surface area contributed by atoms with E-state index >= 15 is 0 Å². The summed E-state index contributed by atoms with van der Waals surface area (Å²) in [7, 11) is 0. The zero-order valence-electron chi connectivity index (χ0n) is 15.0. The molecule has 3 nitrogen and oxygen atoms in total. The molecule has 0 radical (unpaired) electrons. The number of carbonyl (C=O) groups excluding carboxylic acids is 1. The second-order valence-electron chi connectivity index (χ2n) is 7.15. The first-order chi connectivity index (χ1) is 13.3. The number of fused-ring (bicyclic) bond motifs is 2. The number of carbonyl (C=O) groups is 1. The number of ketones is 1. The first-order valence-corrected chi connectivity index (χ1v) is 9.33. The molecule has 2 aromatic carbocycles. The van der Waals surface area contributed by atoms with Gasteiger partial charge in [0.2, 0.25) is 0 Å². The third kappa shape index (κ3) is 2.91. The summed E-state index contributed by atoms with van der Waals surface area (Å²) in [5.74, 6) is 0.234. The third-order valence-electron chi connectivity index (χ3n) is 5.39. The Morgan fingerprint density at radius 2 is 1.33 bits per heavy atom. The molecule has 0 spiro atoms. The van der Waals surface area contributed by atoms with Crippen LogP contribution in [0, 0.1) is 0 Å². The number of hydrogen-bond acceptors (Lipinski definition) is 1. The van der Waals surface area contributed by atoms with Crippen LogP contribution in [-0.4, -0.2) is 15.8 Å². The van der Waals surface area contributed by atoms with Gasteiger partial charge in [-0.25, -0.2) is 0 Å². The highest BCUT2D eigenvalue weighted by molar-refractivity contribution is 6.04. The first kappa shape index (κ1) is 15.9. The number of para-hydroxylation sites is 2. The number of H-pyrrole nitrogens is 2. The molecule has 0 bridgehead atoms. The maximum atomic E-state index is 12.7. The van der Waals surface area contributed by atoms with Crippen LogP contribution in [-0.2, 0) is 4.79 Å². The van der Waals surface area contributed by atoms with E-state index < -0.39 is 0 Å². The number of benzene rings is 2. The van der Waals surface area contributed by atoms with Gasteiger partial charge < -0.3 is 9.97 Å². The molecule has 0 saturated heterocycles. The summed E-state index contributed by atoms with van der Waals surface area (Å²) in [6.45, 7) is 0. The van der Waals surface area contributed by atoms with Gasteiger partial charge in [0, 0.05) is 46.2 Å². The topological polar surface area (TPSA) is 48.6 Å². The highest BCUT2D eigenvalue weighted by Gasteiger charge is 2.19. The van der Waals surface area contributed by atoms with E-state index in [-0.39, 0.29) is 5.78 Å². The van der Waals surface area contributed by atoms with Crippen molar-refractivity contribution in [3.63, 3.8) is 0 Å². The van der Waals surface area contributed by atoms with Crippen molar-refractivity contribution in [1.82, 2.24) is 9.97 Å². The summed E-state index contributed by atoms with van der Waals surface area (Å²) in [6.07, 6.45) is 10.5. The number of aromatic nitrogens is 2. The van der Waals surface area contributed by atoms with Gasteiger partial charge in [0.1, 0.15) is 0 Å². The molecule has 4 aromatic rings. The lowest BCUT2D eigenvalue weighted by atomic mass is 9.87. The van der Waals surface area contributed by atoms with E-state index in [4.69, 9.17) is 0 Å². The molecule has 0 amide bonds. The minimum Gasteiger partial charge on any atom is -0.361 e. The summed E-state index contributed by atoms with van der Waals surface area (Å²) in [5.41, 5.74) is 6.63. The molecule has 1 aliphatic rings. The maximum absolute atomic E-state index is 12.7. The molecule has 0 unspecified atom stereocenters. The van der Waals surface area contributed by atoms with Crippen molar-refractivity contribution >= 4 is 39.7 Å². The van der Waals surface area contributed by atoms with Crippen molar-refractivity contribution in [3.8, 4) is 0 Å². The summed E-state index contributed by atoms with van der Waals surface area (Å²) < 4.78 is 0. The number of Topliss-reactive ketones (excluding diaryl/α,β-unsaturated/α-hetero) is 1. The van der Waals surface area contributed by atoms with Gasteiger partial charge in [0.05, 0.1) is 0 Å². The number of hydrogen-bond donors (Lipinski definition) is 2. The second kappa shape index (κ2) is 6.44. The Balaban J connectivity index is 1.41. The van der Waals surface area contributed by atoms with E-state index in [0.29, 0.717) is 6.42 Å². The van der Waals surface area contributed by atoms with Gasteiger partial charge in [0.25, 0.3) is 0 Å². The quantitative estimate of drug-likeness (QED) is 0.436. The molecular weight excluding hydrogens is 332 g/mol. The van der Waals surface area contributed by atoms with Crippen molar-refractivity contribution in [2.24, 2.45) is 0 Å². The Labute approximate surface area is 157 Å². The van der Waals surface area contributed by atoms with Crippen LogP contribution in [0.3, 0.4) is 0 Å². The van der Waals surface area contributed by atoms with Crippen molar-refractivity contribution < 1.29 is 4.79 Å². The van der Waals surface area contributed by atoms with E-state index in [1.165, 1.54) is 11.0 Å². The summed E-state index contributed by atoms with van der Waals surface area (Å²) in [5, 5.41) is 2.37. The van der Waals surface area contributed by atoms with E-state index in [9.17, 15) is 4.79 Å². The van der Waals surface area contributed by atoms with Crippen LogP contribution >= 0.6 is 0 Å². The van der Waals surface area contributed by atoms with Crippen LogP contribution in [0.1, 0.15) is 30.4 Å². The fourth-order valence-corrected chi connectivity index (χ4v) is 3.95. The molecule has 1 fully saturated rings. The fourth-order valence-electron chi connectivity index (χ4n) is 3.95. The molecule has 2 aromatic heterocycles. The van der Waals surface area contributed by atoms with Crippen LogP contribution in [0.25, 0.3) is 34.0 Å². The van der Waals surface area contributed by atoms with Gasteiger partial charge in [0.15, 0.2) is 5.78 Å². The number of allylic oxidation sites excluding steroid dienone is 2. The van der Waals surface area contributed by atoms with Crippen molar-refractivity contribution in [2.45, 2.75) is 19.3 Å². The van der Waals surface area contributed by atoms with Crippen molar-refractivity contribution in [1.29, 1.82) is 0 Å². The smallest absolute Gasteiger partial charge is 0.162 e. The molecular formula is C24H20N2O. The van der Waals surface area contributed by atoms with Crippen LogP contribution < -0.4 is 0 Å². The normalized spacial score (nSPS) is 18.1. The van der Waals surface area contributed by atoms with Crippen molar-refractivity contribution in [3.05, 3.63) is 83.2 Å². The molecule has 3 heteroatoms. The highest BCUT2D eigenvalue weighted by atomic mass is 16.1.